The maximum atomic E-state index is 5.56. The van der Waals surface area contributed by atoms with Gasteiger partial charge >= 0.3 is 0 Å². The summed E-state index contributed by atoms with van der Waals surface area (Å²) >= 11 is 0. The van der Waals surface area contributed by atoms with Gasteiger partial charge in [-0.15, -0.1) is 0 Å². The first-order valence-corrected chi connectivity index (χ1v) is 4.69. The van der Waals surface area contributed by atoms with Crippen LogP contribution in [0.5, 0.6) is 0 Å². The van der Waals surface area contributed by atoms with Gasteiger partial charge in [0.1, 0.15) is 5.82 Å². The van der Waals surface area contributed by atoms with Crippen LogP contribution in [0.3, 0.4) is 0 Å². The second-order valence-corrected chi connectivity index (χ2v) is 3.28. The van der Waals surface area contributed by atoms with Crippen LogP contribution in [-0.4, -0.2) is 41.1 Å². The first kappa shape index (κ1) is 9.14. The molecule has 6 nitrogen and oxygen atoms in total. The van der Waals surface area contributed by atoms with Crippen LogP contribution in [0.2, 0.25) is 0 Å². The van der Waals surface area contributed by atoms with Gasteiger partial charge in [0.25, 0.3) is 0 Å². The molecule has 1 aromatic rings. The van der Waals surface area contributed by atoms with Crippen molar-refractivity contribution in [2.45, 2.75) is 6.92 Å². The Morgan fingerprint density at radius 3 is 2.57 bits per heavy atom. The minimum absolute atomic E-state index is 0.297. The SMILES string of the molecule is Cc1nc(N)nc(N2CCNCC2)n1. The topological polar surface area (TPSA) is 80.0 Å². The van der Waals surface area contributed by atoms with Crippen LogP contribution in [0.25, 0.3) is 0 Å². The fourth-order valence-corrected chi connectivity index (χ4v) is 1.49. The molecule has 6 heteroatoms. The third-order valence-corrected chi connectivity index (χ3v) is 2.15. The molecule has 1 saturated heterocycles. The molecule has 14 heavy (non-hydrogen) atoms. The number of nitrogens with zero attached hydrogens (tertiary/aromatic N) is 4. The van der Waals surface area contributed by atoms with Crippen LogP contribution in [0.1, 0.15) is 5.82 Å². The predicted octanol–water partition coefficient (Wildman–Crippen LogP) is -0.828. The van der Waals surface area contributed by atoms with E-state index >= 15 is 0 Å². The summed E-state index contributed by atoms with van der Waals surface area (Å²) < 4.78 is 0. The molecule has 0 bridgehead atoms. The Balaban J connectivity index is 2.21. The molecule has 0 amide bonds. The monoisotopic (exact) mass is 194 g/mol. The van der Waals surface area contributed by atoms with Gasteiger partial charge in [-0.25, -0.2) is 0 Å². The average Bonchev–Trinajstić information content (AvgIpc) is 2.18. The van der Waals surface area contributed by atoms with Gasteiger partial charge in [0.15, 0.2) is 0 Å². The molecule has 1 aliphatic rings. The number of anilines is 2. The minimum Gasteiger partial charge on any atom is -0.368 e. The van der Waals surface area contributed by atoms with Crippen LogP contribution in [0.15, 0.2) is 0 Å². The third-order valence-electron chi connectivity index (χ3n) is 2.15. The Bertz CT molecular complexity index is 299. The van der Waals surface area contributed by atoms with E-state index in [-0.39, 0.29) is 0 Å². The summed E-state index contributed by atoms with van der Waals surface area (Å²) in [6, 6.07) is 0. The van der Waals surface area contributed by atoms with Gasteiger partial charge in [-0.1, -0.05) is 0 Å². The molecule has 1 fully saturated rings. The molecule has 0 unspecified atom stereocenters. The highest BCUT2D eigenvalue weighted by atomic mass is 15.3. The van der Waals surface area contributed by atoms with Gasteiger partial charge in [0, 0.05) is 26.2 Å². The normalized spacial score (nSPS) is 17.1. The van der Waals surface area contributed by atoms with Gasteiger partial charge in [-0.05, 0) is 6.92 Å². The molecule has 0 radical (unpaired) electrons. The molecule has 0 spiro atoms. The third kappa shape index (κ3) is 1.90. The smallest absolute Gasteiger partial charge is 0.230 e. The molecule has 0 saturated carbocycles. The molecule has 0 aliphatic carbocycles. The van der Waals surface area contributed by atoms with E-state index in [0.717, 1.165) is 26.2 Å². The number of aromatic nitrogens is 3. The van der Waals surface area contributed by atoms with Crippen molar-refractivity contribution in [1.82, 2.24) is 20.3 Å². The standard InChI is InChI=1S/C8H14N6/c1-6-11-7(9)13-8(12-6)14-4-2-10-3-5-14/h10H,2-5H2,1H3,(H2,9,11,12,13). The number of rotatable bonds is 1. The van der Waals surface area contributed by atoms with Crippen molar-refractivity contribution in [3.63, 3.8) is 0 Å². The van der Waals surface area contributed by atoms with Crippen molar-refractivity contribution in [3.8, 4) is 0 Å². The highest BCUT2D eigenvalue weighted by molar-refractivity contribution is 5.35. The molecule has 2 heterocycles. The van der Waals surface area contributed by atoms with E-state index in [9.17, 15) is 0 Å². The Labute approximate surface area is 82.6 Å². The van der Waals surface area contributed by atoms with Crippen LogP contribution in [0.4, 0.5) is 11.9 Å². The lowest BCUT2D eigenvalue weighted by atomic mass is 10.4. The molecule has 1 aliphatic heterocycles. The summed E-state index contributed by atoms with van der Waals surface area (Å²) in [7, 11) is 0. The lowest BCUT2D eigenvalue weighted by Crippen LogP contribution is -2.44. The van der Waals surface area contributed by atoms with E-state index in [1.807, 2.05) is 6.92 Å². The first-order chi connectivity index (χ1) is 6.75. The number of nitrogen functional groups attached to an aromatic ring is 1. The molecule has 3 N–H and O–H groups in total. The molecule has 1 aromatic heterocycles. The maximum absolute atomic E-state index is 5.56. The summed E-state index contributed by atoms with van der Waals surface area (Å²) in [6.07, 6.45) is 0. The Kier molecular flexibility index (Phi) is 2.45. The largest absolute Gasteiger partial charge is 0.368 e. The van der Waals surface area contributed by atoms with Crippen molar-refractivity contribution < 1.29 is 0 Å². The van der Waals surface area contributed by atoms with Gasteiger partial charge in [0.2, 0.25) is 11.9 Å². The molecule has 0 aromatic carbocycles. The number of piperazine rings is 1. The van der Waals surface area contributed by atoms with Gasteiger partial charge in [0.05, 0.1) is 0 Å². The quantitative estimate of drug-likeness (QED) is 0.607. The second kappa shape index (κ2) is 3.75. The second-order valence-electron chi connectivity index (χ2n) is 3.28. The van der Waals surface area contributed by atoms with Crippen molar-refractivity contribution in [3.05, 3.63) is 5.82 Å². The van der Waals surface area contributed by atoms with Crippen LogP contribution >= 0.6 is 0 Å². The summed E-state index contributed by atoms with van der Waals surface area (Å²) in [6.45, 7) is 5.59. The van der Waals surface area contributed by atoms with Crippen molar-refractivity contribution >= 4 is 11.9 Å². The maximum Gasteiger partial charge on any atom is 0.230 e. The zero-order valence-electron chi connectivity index (χ0n) is 8.19. The van der Waals surface area contributed by atoms with Gasteiger partial charge < -0.3 is 16.0 Å². The summed E-state index contributed by atoms with van der Waals surface area (Å²) in [5.41, 5.74) is 5.56. The van der Waals surface area contributed by atoms with E-state index in [2.05, 4.69) is 25.2 Å². The Morgan fingerprint density at radius 2 is 1.93 bits per heavy atom. The summed E-state index contributed by atoms with van der Waals surface area (Å²) in [5, 5.41) is 3.27. The molecule has 2 rings (SSSR count). The number of hydrogen-bond acceptors (Lipinski definition) is 6. The zero-order chi connectivity index (χ0) is 9.97. The highest BCUT2D eigenvalue weighted by Gasteiger charge is 2.13. The van der Waals surface area contributed by atoms with Crippen molar-refractivity contribution in [2.75, 3.05) is 36.8 Å². The van der Waals surface area contributed by atoms with E-state index in [1.165, 1.54) is 0 Å². The van der Waals surface area contributed by atoms with Gasteiger partial charge in [-0.2, -0.15) is 15.0 Å². The lowest BCUT2D eigenvalue weighted by molar-refractivity contribution is 0.578. The highest BCUT2D eigenvalue weighted by Crippen LogP contribution is 2.08. The predicted molar refractivity (Wildman–Crippen MR) is 54.1 cm³/mol. The Morgan fingerprint density at radius 1 is 1.21 bits per heavy atom. The number of nitrogens with one attached hydrogen (secondary N) is 1. The molecule has 76 valence electrons. The van der Waals surface area contributed by atoms with Crippen LogP contribution in [-0.2, 0) is 0 Å². The van der Waals surface area contributed by atoms with Crippen molar-refractivity contribution in [2.24, 2.45) is 0 Å². The van der Waals surface area contributed by atoms with E-state index < -0.39 is 0 Å². The fourth-order valence-electron chi connectivity index (χ4n) is 1.49. The molecule has 0 atom stereocenters. The van der Waals surface area contributed by atoms with Crippen LogP contribution < -0.4 is 16.0 Å². The first-order valence-electron chi connectivity index (χ1n) is 4.69. The van der Waals surface area contributed by atoms with E-state index in [4.69, 9.17) is 5.73 Å². The van der Waals surface area contributed by atoms with Crippen LogP contribution in [0, 0.1) is 6.92 Å². The molecular weight excluding hydrogens is 180 g/mol. The minimum atomic E-state index is 0.297. The van der Waals surface area contributed by atoms with Crippen molar-refractivity contribution in [1.29, 1.82) is 0 Å². The summed E-state index contributed by atoms with van der Waals surface area (Å²) in [5.74, 6) is 1.66. The Hall–Kier alpha value is -1.43. The van der Waals surface area contributed by atoms with E-state index in [1.54, 1.807) is 0 Å². The number of hydrogen-bond donors (Lipinski definition) is 2. The zero-order valence-corrected chi connectivity index (χ0v) is 8.19. The lowest BCUT2D eigenvalue weighted by Gasteiger charge is -2.27. The molecular formula is C8H14N6. The number of aryl methyl sites for hydroxylation is 1. The van der Waals surface area contributed by atoms with E-state index in [0.29, 0.717) is 17.7 Å². The average molecular weight is 194 g/mol. The fraction of sp³-hybridized carbons (Fsp3) is 0.625. The summed E-state index contributed by atoms with van der Waals surface area (Å²) in [4.78, 5) is 14.4. The van der Waals surface area contributed by atoms with Gasteiger partial charge in [-0.3, -0.25) is 0 Å². The number of nitrogens with two attached hydrogens (primary N) is 1.